The Balaban J connectivity index is 1.41. The summed E-state index contributed by atoms with van der Waals surface area (Å²) in [4.78, 5) is 17.7. The number of pyridine rings is 1. The van der Waals surface area contributed by atoms with Crippen molar-refractivity contribution in [2.45, 2.75) is 69.5 Å². The quantitative estimate of drug-likeness (QED) is 0.469. The van der Waals surface area contributed by atoms with Crippen molar-refractivity contribution < 1.29 is 19.1 Å². The lowest BCUT2D eigenvalue weighted by atomic mass is 9.73. The van der Waals surface area contributed by atoms with Crippen LogP contribution in [0.1, 0.15) is 62.5 Å². The van der Waals surface area contributed by atoms with Gasteiger partial charge in [0.25, 0.3) is 0 Å². The van der Waals surface area contributed by atoms with Crippen LogP contribution < -0.4 is 0 Å². The Morgan fingerprint density at radius 2 is 1.79 bits per heavy atom. The zero-order valence-corrected chi connectivity index (χ0v) is 20.0. The number of benzene rings is 1. The fraction of sp³-hybridized carbons (Fsp3) is 0.571. The molecular weight excluding hydrogens is 412 g/mol. The molecule has 4 rings (SSSR count). The molecule has 1 aromatic carbocycles. The lowest BCUT2D eigenvalue weighted by molar-refractivity contribution is -0.917. The predicted octanol–water partition coefficient (Wildman–Crippen LogP) is 4.63. The third-order valence-corrected chi connectivity index (χ3v) is 7.78. The molecular formula is C28H39N2O3+. The van der Waals surface area contributed by atoms with E-state index < -0.39 is 11.6 Å². The Morgan fingerprint density at radius 1 is 1.06 bits per heavy atom. The average molecular weight is 452 g/mol. The molecule has 1 saturated heterocycles. The number of hydrogen-bond acceptors (Lipinski definition) is 4. The number of piperidine rings is 1. The smallest absolute Gasteiger partial charge is 0.343 e. The number of quaternary nitrogens is 1. The fourth-order valence-corrected chi connectivity index (χ4v) is 5.86. The minimum Gasteiger partial charge on any atom is -0.454 e. The van der Waals surface area contributed by atoms with Crippen LogP contribution >= 0.6 is 0 Å². The second-order valence-corrected chi connectivity index (χ2v) is 10.3. The van der Waals surface area contributed by atoms with Crippen LogP contribution in [-0.4, -0.2) is 53.3 Å². The molecule has 2 heterocycles. The molecule has 2 fully saturated rings. The lowest BCUT2D eigenvalue weighted by Gasteiger charge is -2.42. The van der Waals surface area contributed by atoms with Gasteiger partial charge < -0.3 is 14.3 Å². The molecule has 0 radical (unpaired) electrons. The molecule has 33 heavy (non-hydrogen) atoms. The number of aliphatic hydroxyl groups is 1. The van der Waals surface area contributed by atoms with Gasteiger partial charge in [-0.2, -0.15) is 0 Å². The van der Waals surface area contributed by atoms with Gasteiger partial charge in [-0.15, -0.1) is 0 Å². The Bertz CT molecular complexity index is 885. The van der Waals surface area contributed by atoms with Gasteiger partial charge in [0.2, 0.25) is 0 Å². The van der Waals surface area contributed by atoms with E-state index in [1.807, 2.05) is 42.7 Å². The lowest BCUT2D eigenvalue weighted by Crippen LogP contribution is -2.55. The third kappa shape index (κ3) is 5.82. The average Bonchev–Trinajstić information content (AvgIpc) is 2.85. The molecule has 0 bridgehead atoms. The number of nitrogens with zero attached hydrogens (tertiary/aromatic N) is 2. The molecule has 1 aliphatic heterocycles. The summed E-state index contributed by atoms with van der Waals surface area (Å²) < 4.78 is 7.02. The van der Waals surface area contributed by atoms with E-state index >= 15 is 0 Å². The van der Waals surface area contributed by atoms with E-state index in [0.29, 0.717) is 5.56 Å². The molecule has 0 amide bonds. The number of aromatic nitrogens is 1. The number of rotatable bonds is 8. The summed E-state index contributed by atoms with van der Waals surface area (Å²) in [5.74, 6) is -0.526. The first kappa shape index (κ1) is 23.9. The first-order valence-corrected chi connectivity index (χ1v) is 12.7. The van der Waals surface area contributed by atoms with Gasteiger partial charge >= 0.3 is 5.97 Å². The van der Waals surface area contributed by atoms with E-state index in [1.165, 1.54) is 12.0 Å². The van der Waals surface area contributed by atoms with Crippen LogP contribution in [0.3, 0.4) is 0 Å². The van der Waals surface area contributed by atoms with Crippen LogP contribution in [0.15, 0.2) is 54.9 Å². The summed E-state index contributed by atoms with van der Waals surface area (Å²) in [6.45, 7) is 2.98. The van der Waals surface area contributed by atoms with E-state index in [4.69, 9.17) is 4.74 Å². The van der Waals surface area contributed by atoms with Crippen LogP contribution in [0.4, 0.5) is 0 Å². The van der Waals surface area contributed by atoms with Gasteiger partial charge in [0.15, 0.2) is 11.7 Å². The highest BCUT2D eigenvalue weighted by Gasteiger charge is 2.48. The Hall–Kier alpha value is -2.24. The molecule has 1 aromatic heterocycles. The SMILES string of the molecule is C[N@@+]1(CCCc2ccncc2)CCCC(OC(=O)C(O)(c2ccccc2)C2CCCCC2)C1. The van der Waals surface area contributed by atoms with Crippen molar-refractivity contribution >= 4 is 5.97 Å². The van der Waals surface area contributed by atoms with Gasteiger partial charge in [-0.25, -0.2) is 4.79 Å². The Labute approximate surface area is 198 Å². The Kier molecular flexibility index (Phi) is 7.82. The zero-order chi connectivity index (χ0) is 23.2. The molecule has 178 valence electrons. The van der Waals surface area contributed by atoms with Gasteiger partial charge in [-0.1, -0.05) is 49.6 Å². The van der Waals surface area contributed by atoms with E-state index in [1.54, 1.807) is 0 Å². The van der Waals surface area contributed by atoms with Crippen LogP contribution in [0.5, 0.6) is 0 Å². The van der Waals surface area contributed by atoms with Crippen molar-refractivity contribution in [3.8, 4) is 0 Å². The van der Waals surface area contributed by atoms with E-state index in [2.05, 4.69) is 24.2 Å². The predicted molar refractivity (Wildman–Crippen MR) is 129 cm³/mol. The van der Waals surface area contributed by atoms with Crippen molar-refractivity contribution in [2.75, 3.05) is 26.7 Å². The summed E-state index contributed by atoms with van der Waals surface area (Å²) in [7, 11) is 2.27. The molecule has 0 spiro atoms. The minimum absolute atomic E-state index is 0.0778. The number of ether oxygens (including phenoxy) is 1. The molecule has 5 heteroatoms. The number of likely N-dealkylation sites (tertiary alicyclic amines) is 1. The second-order valence-electron chi connectivity index (χ2n) is 10.3. The van der Waals surface area contributed by atoms with Gasteiger partial charge in [0, 0.05) is 31.2 Å². The first-order chi connectivity index (χ1) is 16.0. The Morgan fingerprint density at radius 3 is 2.52 bits per heavy atom. The molecule has 2 aromatic rings. The highest BCUT2D eigenvalue weighted by Crippen LogP contribution is 2.41. The summed E-state index contributed by atoms with van der Waals surface area (Å²) in [5, 5.41) is 11.8. The molecule has 1 N–H and O–H groups in total. The number of likely N-dealkylation sites (N-methyl/N-ethyl adjacent to an activating group) is 1. The van der Waals surface area contributed by atoms with Crippen LogP contribution in [0.25, 0.3) is 0 Å². The fourth-order valence-electron chi connectivity index (χ4n) is 5.86. The largest absolute Gasteiger partial charge is 0.454 e. The van der Waals surface area contributed by atoms with E-state index in [-0.39, 0.29) is 12.0 Å². The normalized spacial score (nSPS) is 25.8. The molecule has 2 unspecified atom stereocenters. The number of aryl methyl sites for hydroxylation is 1. The van der Waals surface area contributed by atoms with E-state index in [0.717, 1.165) is 75.5 Å². The molecule has 3 atom stereocenters. The van der Waals surface area contributed by atoms with Crippen molar-refractivity contribution in [1.29, 1.82) is 0 Å². The number of hydrogen-bond donors (Lipinski definition) is 1. The van der Waals surface area contributed by atoms with Crippen molar-refractivity contribution in [3.05, 3.63) is 66.0 Å². The highest BCUT2D eigenvalue weighted by atomic mass is 16.6. The summed E-state index contributed by atoms with van der Waals surface area (Å²) >= 11 is 0. The number of carbonyl (C=O) groups is 1. The second kappa shape index (κ2) is 10.8. The highest BCUT2D eigenvalue weighted by molar-refractivity contribution is 5.81. The van der Waals surface area contributed by atoms with Crippen molar-refractivity contribution in [1.82, 2.24) is 4.98 Å². The third-order valence-electron chi connectivity index (χ3n) is 7.78. The standard InChI is InChI=1S/C28H39N2O3/c1-30(20-8-10-23-16-18-29-19-17-23)21-9-15-26(22-30)33-27(31)28(32,24-11-4-2-5-12-24)25-13-6-3-7-14-25/h2,4-5,11-12,16-19,25-26,32H,3,6-10,13-15,20-22H2,1H3/q+1/t26?,28?,30-/m1/s1. The summed E-state index contributed by atoms with van der Waals surface area (Å²) in [5.41, 5.74) is 0.438. The minimum atomic E-state index is -1.55. The van der Waals surface area contributed by atoms with Gasteiger partial charge in [-0.05, 0) is 48.9 Å². The molecule has 5 nitrogen and oxygen atoms in total. The molecule has 1 aliphatic carbocycles. The van der Waals surface area contributed by atoms with Gasteiger partial charge in [0.05, 0.1) is 20.1 Å². The first-order valence-electron chi connectivity index (χ1n) is 12.7. The monoisotopic (exact) mass is 451 g/mol. The maximum Gasteiger partial charge on any atom is 0.343 e. The van der Waals surface area contributed by atoms with Crippen LogP contribution in [0, 0.1) is 5.92 Å². The van der Waals surface area contributed by atoms with Gasteiger partial charge in [-0.3, -0.25) is 4.98 Å². The number of carbonyl (C=O) groups excluding carboxylic acids is 1. The summed E-state index contributed by atoms with van der Waals surface area (Å²) in [6, 6.07) is 13.6. The number of esters is 1. The maximum atomic E-state index is 13.6. The topological polar surface area (TPSA) is 59.4 Å². The van der Waals surface area contributed by atoms with Crippen molar-refractivity contribution in [2.24, 2.45) is 5.92 Å². The van der Waals surface area contributed by atoms with Gasteiger partial charge in [0.1, 0.15) is 6.54 Å². The summed E-state index contributed by atoms with van der Waals surface area (Å²) in [6.07, 6.45) is 12.6. The van der Waals surface area contributed by atoms with Crippen LogP contribution in [0.2, 0.25) is 0 Å². The van der Waals surface area contributed by atoms with Crippen molar-refractivity contribution in [3.63, 3.8) is 0 Å². The van der Waals surface area contributed by atoms with Crippen LogP contribution in [-0.2, 0) is 21.6 Å². The van der Waals surface area contributed by atoms with E-state index in [9.17, 15) is 9.90 Å². The zero-order valence-electron chi connectivity index (χ0n) is 20.0. The molecule has 2 aliphatic rings. The maximum absolute atomic E-state index is 13.6. The molecule has 1 saturated carbocycles.